The third kappa shape index (κ3) is 1.38. The molecule has 3 unspecified atom stereocenters. The lowest BCUT2D eigenvalue weighted by atomic mass is 9.61. The van der Waals surface area contributed by atoms with Gasteiger partial charge in [-0.25, -0.2) is 0 Å². The van der Waals surface area contributed by atoms with Crippen LogP contribution in [0.2, 0.25) is 0 Å². The second-order valence-corrected chi connectivity index (χ2v) is 3.93. The fraction of sp³-hybridized carbons (Fsp3) is 1.00. The van der Waals surface area contributed by atoms with Crippen molar-refractivity contribution in [2.24, 2.45) is 5.41 Å². The minimum atomic E-state index is 0.366. The number of ether oxygens (including phenoxy) is 1. The summed E-state index contributed by atoms with van der Waals surface area (Å²) in [4.78, 5) is 0. The third-order valence-electron chi connectivity index (χ3n) is 3.48. The molecule has 0 heterocycles. The summed E-state index contributed by atoms with van der Waals surface area (Å²) in [6.07, 6.45) is 2.84. The Morgan fingerprint density at radius 3 is 2.58 bits per heavy atom. The van der Waals surface area contributed by atoms with E-state index in [2.05, 4.69) is 26.1 Å². The number of rotatable bonds is 4. The molecule has 1 N–H and O–H groups in total. The Morgan fingerprint density at radius 1 is 1.50 bits per heavy atom. The lowest BCUT2D eigenvalue weighted by Crippen LogP contribution is -2.61. The number of hydrogen-bond donors (Lipinski definition) is 1. The highest BCUT2D eigenvalue weighted by molar-refractivity contribution is 5.04. The minimum Gasteiger partial charge on any atom is -0.381 e. The SMILES string of the molecule is CCNC1CC(OC)C1(C)CC. The van der Waals surface area contributed by atoms with Gasteiger partial charge in [-0.1, -0.05) is 20.8 Å². The molecule has 0 aromatic carbocycles. The average molecular weight is 171 g/mol. The molecule has 1 aliphatic carbocycles. The smallest absolute Gasteiger partial charge is 0.0654 e. The summed E-state index contributed by atoms with van der Waals surface area (Å²) in [7, 11) is 1.82. The molecule has 0 bridgehead atoms. The van der Waals surface area contributed by atoms with Crippen molar-refractivity contribution in [1.29, 1.82) is 0 Å². The predicted molar refractivity (Wildman–Crippen MR) is 51.3 cm³/mol. The summed E-state index contributed by atoms with van der Waals surface area (Å²) in [5, 5.41) is 3.51. The van der Waals surface area contributed by atoms with E-state index in [4.69, 9.17) is 4.74 Å². The van der Waals surface area contributed by atoms with E-state index in [1.165, 1.54) is 12.8 Å². The molecular weight excluding hydrogens is 150 g/mol. The lowest BCUT2D eigenvalue weighted by Gasteiger charge is -2.53. The van der Waals surface area contributed by atoms with E-state index in [-0.39, 0.29) is 0 Å². The molecule has 0 saturated heterocycles. The predicted octanol–water partition coefficient (Wildman–Crippen LogP) is 1.80. The summed E-state index contributed by atoms with van der Waals surface area (Å²) in [6, 6.07) is 0.664. The van der Waals surface area contributed by atoms with E-state index < -0.39 is 0 Å². The Kier molecular flexibility index (Phi) is 3.13. The van der Waals surface area contributed by atoms with Crippen molar-refractivity contribution in [2.75, 3.05) is 13.7 Å². The highest BCUT2D eigenvalue weighted by Crippen LogP contribution is 2.45. The zero-order chi connectivity index (χ0) is 9.19. The molecule has 0 radical (unpaired) electrons. The van der Waals surface area contributed by atoms with Crippen LogP contribution >= 0.6 is 0 Å². The number of methoxy groups -OCH3 is 1. The zero-order valence-electron chi connectivity index (χ0n) is 8.68. The standard InChI is InChI=1S/C10H21NO/c1-5-10(3)8(11-6-2)7-9(10)12-4/h8-9,11H,5-7H2,1-4H3. The van der Waals surface area contributed by atoms with E-state index in [1.807, 2.05) is 7.11 Å². The molecule has 0 aromatic heterocycles. The maximum atomic E-state index is 5.43. The lowest BCUT2D eigenvalue weighted by molar-refractivity contribution is -0.110. The Balaban J connectivity index is 2.50. The van der Waals surface area contributed by atoms with Gasteiger partial charge in [-0.15, -0.1) is 0 Å². The minimum absolute atomic E-state index is 0.366. The van der Waals surface area contributed by atoms with E-state index >= 15 is 0 Å². The first-order chi connectivity index (χ1) is 5.69. The molecule has 2 nitrogen and oxygen atoms in total. The van der Waals surface area contributed by atoms with Gasteiger partial charge in [0.15, 0.2) is 0 Å². The van der Waals surface area contributed by atoms with Crippen LogP contribution in [0.5, 0.6) is 0 Å². The van der Waals surface area contributed by atoms with Gasteiger partial charge in [-0.2, -0.15) is 0 Å². The summed E-state index contributed by atoms with van der Waals surface area (Å²) >= 11 is 0. The fourth-order valence-corrected chi connectivity index (χ4v) is 2.22. The van der Waals surface area contributed by atoms with Crippen LogP contribution in [-0.4, -0.2) is 25.8 Å². The van der Waals surface area contributed by atoms with E-state index in [0.717, 1.165) is 6.54 Å². The molecule has 0 amide bonds. The van der Waals surface area contributed by atoms with E-state index in [0.29, 0.717) is 17.6 Å². The summed E-state index contributed by atoms with van der Waals surface area (Å²) in [5.74, 6) is 0. The largest absolute Gasteiger partial charge is 0.381 e. The highest BCUT2D eigenvalue weighted by Gasteiger charge is 2.50. The van der Waals surface area contributed by atoms with Crippen molar-refractivity contribution in [3.63, 3.8) is 0 Å². The first-order valence-corrected chi connectivity index (χ1v) is 4.95. The second kappa shape index (κ2) is 3.75. The van der Waals surface area contributed by atoms with Crippen molar-refractivity contribution in [2.45, 2.75) is 45.8 Å². The van der Waals surface area contributed by atoms with Crippen molar-refractivity contribution in [3.8, 4) is 0 Å². The van der Waals surface area contributed by atoms with Crippen LogP contribution in [0.15, 0.2) is 0 Å². The third-order valence-corrected chi connectivity index (χ3v) is 3.48. The normalized spacial score (nSPS) is 41.0. The van der Waals surface area contributed by atoms with E-state index in [1.54, 1.807) is 0 Å². The van der Waals surface area contributed by atoms with Gasteiger partial charge < -0.3 is 10.1 Å². The van der Waals surface area contributed by atoms with Gasteiger partial charge in [0, 0.05) is 18.6 Å². The fourth-order valence-electron chi connectivity index (χ4n) is 2.22. The maximum Gasteiger partial charge on any atom is 0.0654 e. The van der Waals surface area contributed by atoms with Crippen LogP contribution in [0.3, 0.4) is 0 Å². The Morgan fingerprint density at radius 2 is 2.17 bits per heavy atom. The molecule has 1 aliphatic rings. The molecule has 1 rings (SSSR count). The molecule has 72 valence electrons. The highest BCUT2D eigenvalue weighted by atomic mass is 16.5. The first kappa shape index (κ1) is 10.0. The summed E-state index contributed by atoms with van der Waals surface area (Å²) in [5.41, 5.74) is 0.366. The van der Waals surface area contributed by atoms with Crippen molar-refractivity contribution >= 4 is 0 Å². The van der Waals surface area contributed by atoms with Gasteiger partial charge in [-0.3, -0.25) is 0 Å². The van der Waals surface area contributed by atoms with Gasteiger partial charge in [0.2, 0.25) is 0 Å². The second-order valence-electron chi connectivity index (χ2n) is 3.93. The molecule has 2 heteroatoms. The molecule has 1 saturated carbocycles. The van der Waals surface area contributed by atoms with Gasteiger partial charge in [-0.05, 0) is 19.4 Å². The quantitative estimate of drug-likeness (QED) is 0.696. The molecule has 3 atom stereocenters. The van der Waals surface area contributed by atoms with Gasteiger partial charge in [0.1, 0.15) is 0 Å². The van der Waals surface area contributed by atoms with Crippen LogP contribution in [-0.2, 0) is 4.74 Å². The van der Waals surface area contributed by atoms with Gasteiger partial charge >= 0.3 is 0 Å². The number of nitrogens with one attached hydrogen (secondary N) is 1. The topological polar surface area (TPSA) is 21.3 Å². The molecule has 0 aliphatic heterocycles. The molecule has 12 heavy (non-hydrogen) atoms. The van der Waals surface area contributed by atoms with Crippen LogP contribution in [0.25, 0.3) is 0 Å². The Bertz CT molecular complexity index is 149. The molecule has 0 aromatic rings. The molecule has 0 spiro atoms. The van der Waals surface area contributed by atoms with Crippen molar-refractivity contribution in [3.05, 3.63) is 0 Å². The Hall–Kier alpha value is -0.0800. The zero-order valence-corrected chi connectivity index (χ0v) is 8.68. The van der Waals surface area contributed by atoms with Crippen LogP contribution in [0.4, 0.5) is 0 Å². The van der Waals surface area contributed by atoms with Crippen LogP contribution in [0.1, 0.15) is 33.6 Å². The van der Waals surface area contributed by atoms with Gasteiger partial charge in [0.25, 0.3) is 0 Å². The Labute approximate surface area is 75.7 Å². The maximum absolute atomic E-state index is 5.43. The summed E-state index contributed by atoms with van der Waals surface area (Å²) in [6.45, 7) is 7.79. The van der Waals surface area contributed by atoms with Crippen molar-refractivity contribution < 1.29 is 4.74 Å². The molecule has 1 fully saturated rings. The van der Waals surface area contributed by atoms with E-state index in [9.17, 15) is 0 Å². The summed E-state index contributed by atoms with van der Waals surface area (Å²) < 4.78 is 5.43. The molecular formula is C10H21NO. The first-order valence-electron chi connectivity index (χ1n) is 4.95. The van der Waals surface area contributed by atoms with Crippen LogP contribution < -0.4 is 5.32 Å². The van der Waals surface area contributed by atoms with Gasteiger partial charge in [0.05, 0.1) is 6.10 Å². The van der Waals surface area contributed by atoms with Crippen LogP contribution in [0, 0.1) is 5.41 Å². The van der Waals surface area contributed by atoms with Crippen molar-refractivity contribution in [1.82, 2.24) is 5.32 Å². The number of hydrogen-bond acceptors (Lipinski definition) is 2. The monoisotopic (exact) mass is 171 g/mol. The average Bonchev–Trinajstić information content (AvgIpc) is 2.10.